The molecule has 1 rings (SSSR count). The molecule has 2 atom stereocenters. The van der Waals surface area contributed by atoms with Gasteiger partial charge in [0, 0.05) is 11.5 Å². The summed E-state index contributed by atoms with van der Waals surface area (Å²) in [6, 6.07) is 9.94. The first kappa shape index (κ1) is 15.7. The van der Waals surface area contributed by atoms with Gasteiger partial charge in [0.1, 0.15) is 0 Å². The minimum Gasteiger partial charge on any atom is -0.469 e. The van der Waals surface area contributed by atoms with Crippen molar-refractivity contribution in [2.75, 3.05) is 7.11 Å². The molecule has 0 saturated carbocycles. The largest absolute Gasteiger partial charge is 0.469 e. The van der Waals surface area contributed by atoms with Gasteiger partial charge < -0.3 is 10.5 Å². The van der Waals surface area contributed by atoms with Crippen LogP contribution in [0.5, 0.6) is 0 Å². The SMILES string of the molecule is COC(=O)CC(CC(C)C)(c1ccccc1)C(C)N. The number of carbonyl (C=O) groups is 1. The quantitative estimate of drug-likeness (QED) is 0.803. The summed E-state index contributed by atoms with van der Waals surface area (Å²) < 4.78 is 4.86. The smallest absolute Gasteiger partial charge is 0.306 e. The van der Waals surface area contributed by atoms with Gasteiger partial charge in [0.05, 0.1) is 13.5 Å². The van der Waals surface area contributed by atoms with E-state index in [0.717, 1.165) is 12.0 Å². The molecule has 0 radical (unpaired) electrons. The highest BCUT2D eigenvalue weighted by molar-refractivity contribution is 5.71. The van der Waals surface area contributed by atoms with E-state index in [9.17, 15) is 4.79 Å². The van der Waals surface area contributed by atoms with Crippen molar-refractivity contribution in [3.63, 3.8) is 0 Å². The normalized spacial score (nSPS) is 15.9. The molecule has 2 unspecified atom stereocenters. The van der Waals surface area contributed by atoms with Crippen molar-refractivity contribution in [3.05, 3.63) is 35.9 Å². The van der Waals surface area contributed by atoms with Gasteiger partial charge in [-0.1, -0.05) is 44.2 Å². The second-order valence-electron chi connectivity index (χ2n) is 5.66. The van der Waals surface area contributed by atoms with Crippen LogP contribution in [0, 0.1) is 5.92 Å². The molecule has 3 nitrogen and oxygen atoms in total. The zero-order valence-electron chi connectivity index (χ0n) is 12.3. The molecule has 0 saturated heterocycles. The first-order valence-electron chi connectivity index (χ1n) is 6.80. The summed E-state index contributed by atoms with van der Waals surface area (Å²) >= 11 is 0. The molecule has 1 aromatic rings. The van der Waals surface area contributed by atoms with Crippen molar-refractivity contribution in [2.45, 2.75) is 45.1 Å². The van der Waals surface area contributed by atoms with Gasteiger partial charge in [0.2, 0.25) is 0 Å². The van der Waals surface area contributed by atoms with E-state index in [1.165, 1.54) is 7.11 Å². The second-order valence-corrected chi connectivity index (χ2v) is 5.66. The van der Waals surface area contributed by atoms with Crippen LogP contribution >= 0.6 is 0 Å². The molecule has 0 aliphatic heterocycles. The minimum absolute atomic E-state index is 0.114. The summed E-state index contributed by atoms with van der Waals surface area (Å²) in [5.74, 6) is 0.248. The van der Waals surface area contributed by atoms with E-state index in [2.05, 4.69) is 26.0 Å². The molecule has 1 aromatic carbocycles. The zero-order valence-corrected chi connectivity index (χ0v) is 12.3. The van der Waals surface area contributed by atoms with E-state index in [4.69, 9.17) is 10.5 Å². The highest BCUT2D eigenvalue weighted by Gasteiger charge is 2.39. The average Bonchev–Trinajstić information content (AvgIpc) is 2.37. The molecular weight excluding hydrogens is 238 g/mol. The number of esters is 1. The van der Waals surface area contributed by atoms with Crippen LogP contribution in [0.1, 0.15) is 39.2 Å². The third kappa shape index (κ3) is 3.80. The second kappa shape index (κ2) is 6.71. The van der Waals surface area contributed by atoms with Gasteiger partial charge in [0.15, 0.2) is 0 Å². The zero-order chi connectivity index (χ0) is 14.5. The standard InChI is InChI=1S/C16H25NO2/c1-12(2)10-16(13(3)17,11-15(18)19-4)14-8-6-5-7-9-14/h5-9,12-13H,10-11,17H2,1-4H3. The number of nitrogens with two attached hydrogens (primary N) is 1. The van der Waals surface area contributed by atoms with Crippen LogP contribution in [0.2, 0.25) is 0 Å². The summed E-state index contributed by atoms with van der Waals surface area (Å²) in [6.45, 7) is 6.27. The highest BCUT2D eigenvalue weighted by atomic mass is 16.5. The third-order valence-corrected chi connectivity index (χ3v) is 3.68. The van der Waals surface area contributed by atoms with Crippen molar-refractivity contribution in [3.8, 4) is 0 Å². The Morgan fingerprint density at radius 1 is 1.26 bits per heavy atom. The Balaban J connectivity index is 3.23. The van der Waals surface area contributed by atoms with Crippen LogP contribution in [-0.2, 0) is 14.9 Å². The predicted octanol–water partition coefficient (Wildman–Crippen LogP) is 2.88. The number of rotatable bonds is 6. The Labute approximate surface area is 116 Å². The lowest BCUT2D eigenvalue weighted by Crippen LogP contribution is -2.46. The molecule has 0 heterocycles. The molecule has 0 aromatic heterocycles. The van der Waals surface area contributed by atoms with Crippen LogP contribution in [-0.4, -0.2) is 19.1 Å². The predicted molar refractivity (Wildman–Crippen MR) is 77.9 cm³/mol. The number of hydrogen-bond acceptors (Lipinski definition) is 3. The van der Waals surface area contributed by atoms with Gasteiger partial charge in [-0.05, 0) is 24.8 Å². The lowest BCUT2D eigenvalue weighted by molar-refractivity contribution is -0.142. The van der Waals surface area contributed by atoms with Gasteiger partial charge in [-0.3, -0.25) is 4.79 Å². The lowest BCUT2D eigenvalue weighted by atomic mass is 9.67. The molecule has 0 bridgehead atoms. The molecule has 0 aliphatic rings. The Morgan fingerprint density at radius 2 is 1.84 bits per heavy atom. The maximum absolute atomic E-state index is 11.8. The Morgan fingerprint density at radius 3 is 2.26 bits per heavy atom. The van der Waals surface area contributed by atoms with Gasteiger partial charge in [-0.2, -0.15) is 0 Å². The Bertz CT molecular complexity index is 400. The summed E-state index contributed by atoms with van der Waals surface area (Å²) in [4.78, 5) is 11.8. The number of hydrogen-bond donors (Lipinski definition) is 1. The summed E-state index contributed by atoms with van der Waals surface area (Å²) in [6.07, 6.45) is 1.19. The molecule has 106 valence electrons. The van der Waals surface area contributed by atoms with E-state index < -0.39 is 0 Å². The Hall–Kier alpha value is -1.35. The van der Waals surface area contributed by atoms with Crippen molar-refractivity contribution in [1.82, 2.24) is 0 Å². The minimum atomic E-state index is -0.359. The fourth-order valence-electron chi connectivity index (χ4n) is 2.73. The molecule has 19 heavy (non-hydrogen) atoms. The van der Waals surface area contributed by atoms with Crippen LogP contribution in [0.25, 0.3) is 0 Å². The van der Waals surface area contributed by atoms with Gasteiger partial charge in [-0.25, -0.2) is 0 Å². The maximum Gasteiger partial charge on any atom is 0.306 e. The number of benzene rings is 1. The molecule has 2 N–H and O–H groups in total. The summed E-state index contributed by atoms with van der Waals surface area (Å²) in [5, 5.41) is 0. The first-order valence-corrected chi connectivity index (χ1v) is 6.80. The van der Waals surface area contributed by atoms with Crippen molar-refractivity contribution >= 4 is 5.97 Å². The maximum atomic E-state index is 11.8. The van der Waals surface area contributed by atoms with E-state index in [1.807, 2.05) is 25.1 Å². The molecular formula is C16H25NO2. The Kier molecular flexibility index (Phi) is 5.55. The van der Waals surface area contributed by atoms with E-state index in [-0.39, 0.29) is 17.4 Å². The molecule has 0 amide bonds. The lowest BCUT2D eigenvalue weighted by Gasteiger charge is -2.38. The van der Waals surface area contributed by atoms with Crippen LogP contribution in [0.4, 0.5) is 0 Å². The van der Waals surface area contributed by atoms with Crippen molar-refractivity contribution < 1.29 is 9.53 Å². The van der Waals surface area contributed by atoms with Gasteiger partial charge >= 0.3 is 5.97 Å². The summed E-state index contributed by atoms with van der Waals surface area (Å²) in [7, 11) is 1.43. The third-order valence-electron chi connectivity index (χ3n) is 3.68. The highest BCUT2D eigenvalue weighted by Crippen LogP contribution is 2.37. The monoisotopic (exact) mass is 263 g/mol. The average molecular weight is 263 g/mol. The fraction of sp³-hybridized carbons (Fsp3) is 0.562. The number of ether oxygens (including phenoxy) is 1. The van der Waals surface area contributed by atoms with E-state index >= 15 is 0 Å². The molecule has 3 heteroatoms. The van der Waals surface area contributed by atoms with Crippen LogP contribution in [0.15, 0.2) is 30.3 Å². The van der Waals surface area contributed by atoms with Crippen molar-refractivity contribution in [2.24, 2.45) is 11.7 Å². The summed E-state index contributed by atoms with van der Waals surface area (Å²) in [5.41, 5.74) is 7.00. The topological polar surface area (TPSA) is 52.3 Å². The van der Waals surface area contributed by atoms with Gasteiger partial charge in [-0.15, -0.1) is 0 Å². The first-order chi connectivity index (χ1) is 8.92. The van der Waals surface area contributed by atoms with Gasteiger partial charge in [0.25, 0.3) is 0 Å². The van der Waals surface area contributed by atoms with E-state index in [0.29, 0.717) is 12.3 Å². The molecule has 0 spiro atoms. The number of methoxy groups -OCH3 is 1. The molecule has 0 aliphatic carbocycles. The number of carbonyl (C=O) groups excluding carboxylic acids is 1. The molecule has 0 fully saturated rings. The fourth-order valence-corrected chi connectivity index (χ4v) is 2.73. The van der Waals surface area contributed by atoms with Crippen molar-refractivity contribution in [1.29, 1.82) is 0 Å². The van der Waals surface area contributed by atoms with Crippen LogP contribution in [0.3, 0.4) is 0 Å². The van der Waals surface area contributed by atoms with Crippen LogP contribution < -0.4 is 5.73 Å². The van der Waals surface area contributed by atoms with E-state index in [1.54, 1.807) is 0 Å².